The summed E-state index contributed by atoms with van der Waals surface area (Å²) >= 11 is 6.58. The number of imidazole rings is 1. The molecule has 0 spiro atoms. The van der Waals surface area contributed by atoms with Gasteiger partial charge < -0.3 is 20.3 Å². The topological polar surface area (TPSA) is 81.2 Å². The van der Waals surface area contributed by atoms with E-state index in [1.54, 1.807) is 6.08 Å². The second kappa shape index (κ2) is 11.7. The monoisotopic (exact) mass is 528 g/mol. The molecule has 0 fully saturated rings. The highest BCUT2D eigenvalue weighted by Crippen LogP contribution is 2.34. The fraction of sp³-hybridized carbons (Fsp3) is 0.290. The van der Waals surface area contributed by atoms with Crippen molar-refractivity contribution in [1.82, 2.24) is 14.9 Å². The number of benzene rings is 2. The van der Waals surface area contributed by atoms with E-state index in [0.717, 1.165) is 71.7 Å². The Kier molecular flexibility index (Phi) is 7.99. The van der Waals surface area contributed by atoms with E-state index < -0.39 is 0 Å². The van der Waals surface area contributed by atoms with Gasteiger partial charge in [-0.1, -0.05) is 55.3 Å². The number of aromatic nitrogens is 2. The molecule has 7 heteroatoms. The van der Waals surface area contributed by atoms with Gasteiger partial charge in [-0.2, -0.15) is 0 Å². The summed E-state index contributed by atoms with van der Waals surface area (Å²) in [7, 11) is 0. The number of aliphatic hydroxyl groups is 1. The molecule has 0 saturated carbocycles. The average Bonchev–Trinajstić information content (AvgIpc) is 3.43. The number of anilines is 2. The number of rotatable bonds is 8. The minimum atomic E-state index is -0.0430. The molecule has 0 radical (unpaired) electrons. The van der Waals surface area contributed by atoms with E-state index in [0.29, 0.717) is 18.1 Å². The lowest BCUT2D eigenvalue weighted by Gasteiger charge is -2.30. The highest BCUT2D eigenvalue weighted by atomic mass is 35.5. The van der Waals surface area contributed by atoms with Crippen molar-refractivity contribution in [3.05, 3.63) is 94.5 Å². The van der Waals surface area contributed by atoms with Crippen LogP contribution >= 0.6 is 11.6 Å². The second-order valence-electron chi connectivity index (χ2n) is 9.77. The normalized spacial score (nSPS) is 15.3. The summed E-state index contributed by atoms with van der Waals surface area (Å²) in [4.78, 5) is 22.6. The summed E-state index contributed by atoms with van der Waals surface area (Å²) in [5.74, 6) is 0.847. The van der Waals surface area contributed by atoms with Gasteiger partial charge in [0.1, 0.15) is 5.82 Å². The highest BCUT2D eigenvalue weighted by Gasteiger charge is 2.23. The Morgan fingerprint density at radius 3 is 2.97 bits per heavy atom. The van der Waals surface area contributed by atoms with Crippen molar-refractivity contribution < 1.29 is 9.90 Å². The van der Waals surface area contributed by atoms with Crippen molar-refractivity contribution >= 4 is 34.5 Å². The van der Waals surface area contributed by atoms with Crippen molar-refractivity contribution in [1.29, 1.82) is 0 Å². The van der Waals surface area contributed by atoms with E-state index in [1.165, 1.54) is 5.56 Å². The smallest absolute Gasteiger partial charge is 0.230 e. The summed E-state index contributed by atoms with van der Waals surface area (Å²) in [5, 5.41) is 14.3. The zero-order valence-corrected chi connectivity index (χ0v) is 22.4. The minimum absolute atomic E-state index is 0.0430. The lowest BCUT2D eigenvalue weighted by atomic mass is 9.97. The predicted octanol–water partition coefficient (Wildman–Crippen LogP) is 7.72. The van der Waals surface area contributed by atoms with Gasteiger partial charge in [0.2, 0.25) is 5.91 Å². The molecule has 2 heterocycles. The Labute approximate surface area is 228 Å². The SMILES string of the molecule is CCC/C=C(/O)CC(=O)N1CCc2c(cccc2Nc2ccc(Cl)c(-c3ncc(C4=CCCC=C4)[nH]3)c2)C1. The van der Waals surface area contributed by atoms with Gasteiger partial charge in [-0.25, -0.2) is 4.98 Å². The number of carbonyl (C=O) groups excluding carboxylic acids is 1. The van der Waals surface area contributed by atoms with E-state index >= 15 is 0 Å². The van der Waals surface area contributed by atoms with Crippen LogP contribution in [0.4, 0.5) is 11.4 Å². The summed E-state index contributed by atoms with van der Waals surface area (Å²) in [6.45, 7) is 3.21. The van der Waals surface area contributed by atoms with Crippen LogP contribution in [-0.4, -0.2) is 32.4 Å². The number of H-pyrrole nitrogens is 1. The Hall–Kier alpha value is -3.77. The summed E-state index contributed by atoms with van der Waals surface area (Å²) in [6.07, 6.45) is 14.7. The number of amides is 1. The molecule has 6 nitrogen and oxygen atoms in total. The van der Waals surface area contributed by atoms with Crippen molar-refractivity contribution in [2.24, 2.45) is 0 Å². The Morgan fingerprint density at radius 2 is 2.16 bits per heavy atom. The number of hydrogen-bond acceptors (Lipinski definition) is 4. The lowest BCUT2D eigenvalue weighted by Crippen LogP contribution is -2.36. The summed E-state index contributed by atoms with van der Waals surface area (Å²) in [6, 6.07) is 12.0. The first-order valence-electron chi connectivity index (χ1n) is 13.3. The molecular weight excluding hydrogens is 496 g/mol. The number of nitrogens with one attached hydrogen (secondary N) is 2. The van der Waals surface area contributed by atoms with Crippen molar-refractivity contribution in [3.63, 3.8) is 0 Å². The van der Waals surface area contributed by atoms with Crippen LogP contribution in [0.1, 0.15) is 55.8 Å². The molecule has 0 unspecified atom stereocenters. The number of hydrogen-bond donors (Lipinski definition) is 3. The Morgan fingerprint density at radius 1 is 1.26 bits per heavy atom. The van der Waals surface area contributed by atoms with Crippen molar-refractivity contribution in [2.75, 3.05) is 11.9 Å². The number of allylic oxidation sites excluding steroid dienone is 5. The summed E-state index contributed by atoms with van der Waals surface area (Å²) < 4.78 is 0. The van der Waals surface area contributed by atoms with Crippen LogP contribution in [0, 0.1) is 0 Å². The van der Waals surface area contributed by atoms with Crippen molar-refractivity contribution in [3.8, 4) is 11.4 Å². The predicted molar refractivity (Wildman–Crippen MR) is 154 cm³/mol. The van der Waals surface area contributed by atoms with Crippen LogP contribution in [-0.2, 0) is 17.8 Å². The molecule has 2 aromatic carbocycles. The maximum Gasteiger partial charge on any atom is 0.230 e. The molecule has 3 aromatic rings. The number of halogens is 1. The van der Waals surface area contributed by atoms with Gasteiger partial charge in [0.25, 0.3) is 0 Å². The first-order chi connectivity index (χ1) is 18.5. The van der Waals surface area contributed by atoms with Crippen LogP contribution in [0.2, 0.25) is 5.02 Å². The highest BCUT2D eigenvalue weighted by molar-refractivity contribution is 6.33. The molecule has 1 aliphatic carbocycles. The van der Waals surface area contributed by atoms with E-state index in [4.69, 9.17) is 11.6 Å². The van der Waals surface area contributed by atoms with Crippen LogP contribution in [0.15, 0.2) is 72.7 Å². The zero-order valence-electron chi connectivity index (χ0n) is 21.6. The van der Waals surface area contributed by atoms with Gasteiger partial charge >= 0.3 is 0 Å². The van der Waals surface area contributed by atoms with Crippen molar-refractivity contribution in [2.45, 2.75) is 52.0 Å². The molecule has 1 aromatic heterocycles. The van der Waals surface area contributed by atoms with Crippen LogP contribution in [0.3, 0.4) is 0 Å². The standard InChI is InChI=1S/C31H33ClN4O2/c1-2-3-11-24(37)18-30(38)36-16-15-25-22(20-36)10-7-12-28(25)34-23-13-14-27(32)26(17-23)31-33-19-29(35-31)21-8-5-4-6-9-21/h5,7-14,17,19,34,37H,2-4,6,15-16,18,20H2,1H3,(H,33,35)/b24-11+. The summed E-state index contributed by atoms with van der Waals surface area (Å²) in [5.41, 5.74) is 7.22. The van der Waals surface area contributed by atoms with Gasteiger partial charge in [-0.05, 0) is 72.7 Å². The number of aromatic amines is 1. The molecule has 196 valence electrons. The minimum Gasteiger partial charge on any atom is -0.512 e. The first kappa shape index (κ1) is 25.9. The zero-order chi connectivity index (χ0) is 26.5. The fourth-order valence-corrected chi connectivity index (χ4v) is 5.15. The van der Waals surface area contributed by atoms with Gasteiger partial charge in [0.15, 0.2) is 0 Å². The van der Waals surface area contributed by atoms with Crippen LogP contribution in [0.5, 0.6) is 0 Å². The Bertz CT molecular complexity index is 1420. The van der Waals surface area contributed by atoms with E-state index in [9.17, 15) is 9.90 Å². The van der Waals surface area contributed by atoms with Gasteiger partial charge in [-0.3, -0.25) is 4.79 Å². The lowest BCUT2D eigenvalue weighted by molar-refractivity contribution is -0.131. The number of nitrogens with zero attached hydrogens (tertiary/aromatic N) is 2. The fourth-order valence-electron chi connectivity index (χ4n) is 4.95. The largest absolute Gasteiger partial charge is 0.512 e. The molecule has 0 bridgehead atoms. The molecule has 1 amide bonds. The van der Waals surface area contributed by atoms with Gasteiger partial charge in [0, 0.05) is 30.0 Å². The van der Waals surface area contributed by atoms with E-state index in [-0.39, 0.29) is 18.1 Å². The molecule has 1 aliphatic heterocycles. The third-order valence-electron chi connectivity index (χ3n) is 7.00. The molecule has 3 N–H and O–H groups in total. The molecule has 5 rings (SSSR count). The average molecular weight is 529 g/mol. The van der Waals surface area contributed by atoms with E-state index in [2.05, 4.69) is 45.6 Å². The van der Waals surface area contributed by atoms with Gasteiger partial charge in [0.05, 0.1) is 29.1 Å². The molecule has 38 heavy (non-hydrogen) atoms. The maximum absolute atomic E-state index is 12.7. The molecular formula is C31H33ClN4O2. The number of unbranched alkanes of at least 4 members (excludes halogenated alkanes) is 1. The third kappa shape index (κ3) is 5.86. The Balaban J connectivity index is 1.32. The quantitative estimate of drug-likeness (QED) is 0.261. The molecule has 2 aliphatic rings. The second-order valence-corrected chi connectivity index (χ2v) is 10.2. The first-order valence-corrected chi connectivity index (χ1v) is 13.6. The number of aliphatic hydroxyl groups excluding tert-OH is 1. The molecule has 0 atom stereocenters. The number of carbonyl (C=O) groups is 1. The molecule has 0 saturated heterocycles. The maximum atomic E-state index is 12.7. The van der Waals surface area contributed by atoms with Gasteiger partial charge in [-0.15, -0.1) is 0 Å². The number of fused-ring (bicyclic) bond motifs is 1. The van der Waals surface area contributed by atoms with E-state index in [1.807, 2.05) is 42.3 Å². The van der Waals surface area contributed by atoms with Crippen LogP contribution < -0.4 is 5.32 Å². The third-order valence-corrected chi connectivity index (χ3v) is 7.33. The van der Waals surface area contributed by atoms with Crippen LogP contribution in [0.25, 0.3) is 17.0 Å².